The van der Waals surface area contributed by atoms with Crippen LogP contribution in [0, 0.1) is 10.1 Å². The number of para-hydroxylation sites is 2. The minimum absolute atomic E-state index is 0.0802. The van der Waals surface area contributed by atoms with Crippen molar-refractivity contribution in [1.82, 2.24) is 10.2 Å². The summed E-state index contributed by atoms with van der Waals surface area (Å²) in [6.07, 6.45) is 3.40. The normalized spacial score (nSPS) is 14.1. The number of rotatable bonds is 8. The van der Waals surface area contributed by atoms with Crippen LogP contribution in [-0.4, -0.2) is 41.9 Å². The third-order valence-corrected chi connectivity index (χ3v) is 5.50. The molecule has 0 aliphatic carbocycles. The maximum absolute atomic E-state index is 12.5. The fraction of sp³-hybridized carbons (Fsp3) is 0.421. The molecule has 3 rings (SSSR count). The minimum Gasteiger partial charge on any atom is -0.378 e. The SMILES string of the molecule is O=C(c1csc(CNCCNc2ccccc2[N+](=O)[O-])c1)N1CCCCC1. The summed E-state index contributed by atoms with van der Waals surface area (Å²) >= 11 is 1.58. The zero-order chi connectivity index (χ0) is 19.1. The molecule has 2 heterocycles. The lowest BCUT2D eigenvalue weighted by Crippen LogP contribution is -2.35. The predicted octanol–water partition coefficient (Wildman–Crippen LogP) is 3.48. The number of nitrogens with one attached hydrogen (secondary N) is 2. The van der Waals surface area contributed by atoms with Crippen molar-refractivity contribution in [2.45, 2.75) is 25.8 Å². The monoisotopic (exact) mass is 388 g/mol. The molecule has 0 spiro atoms. The number of piperidine rings is 1. The topological polar surface area (TPSA) is 87.5 Å². The largest absolute Gasteiger partial charge is 0.378 e. The van der Waals surface area contributed by atoms with Crippen LogP contribution in [0.1, 0.15) is 34.5 Å². The van der Waals surface area contributed by atoms with Gasteiger partial charge in [-0.05, 0) is 31.4 Å². The van der Waals surface area contributed by atoms with Gasteiger partial charge in [-0.2, -0.15) is 0 Å². The lowest BCUT2D eigenvalue weighted by atomic mass is 10.1. The summed E-state index contributed by atoms with van der Waals surface area (Å²) in [4.78, 5) is 26.1. The number of anilines is 1. The Labute approximate surface area is 162 Å². The number of carbonyl (C=O) groups is 1. The molecule has 0 saturated carbocycles. The highest BCUT2D eigenvalue weighted by Gasteiger charge is 2.19. The molecular weight excluding hydrogens is 364 g/mol. The molecule has 0 bridgehead atoms. The van der Waals surface area contributed by atoms with E-state index in [1.54, 1.807) is 29.5 Å². The molecular formula is C19H24N4O3S. The van der Waals surface area contributed by atoms with E-state index in [1.165, 1.54) is 12.5 Å². The molecule has 0 unspecified atom stereocenters. The lowest BCUT2D eigenvalue weighted by molar-refractivity contribution is -0.384. The van der Waals surface area contributed by atoms with Crippen LogP contribution < -0.4 is 10.6 Å². The second kappa shape index (κ2) is 9.48. The first-order chi connectivity index (χ1) is 13.1. The predicted molar refractivity (Wildman–Crippen MR) is 107 cm³/mol. The summed E-state index contributed by atoms with van der Waals surface area (Å²) in [7, 11) is 0. The molecule has 0 atom stereocenters. The van der Waals surface area contributed by atoms with Crippen LogP contribution in [0.4, 0.5) is 11.4 Å². The fourth-order valence-electron chi connectivity index (χ4n) is 3.14. The smallest absolute Gasteiger partial charge is 0.292 e. The van der Waals surface area contributed by atoms with Gasteiger partial charge in [0.05, 0.1) is 10.5 Å². The summed E-state index contributed by atoms with van der Waals surface area (Å²) in [5.41, 5.74) is 1.38. The first-order valence-electron chi connectivity index (χ1n) is 9.20. The first kappa shape index (κ1) is 19.3. The van der Waals surface area contributed by atoms with Crippen molar-refractivity contribution in [2.24, 2.45) is 0 Å². The van der Waals surface area contributed by atoms with E-state index in [-0.39, 0.29) is 16.5 Å². The fourth-order valence-corrected chi connectivity index (χ4v) is 3.97. The van der Waals surface area contributed by atoms with Crippen LogP contribution in [0.25, 0.3) is 0 Å². The van der Waals surface area contributed by atoms with Gasteiger partial charge in [-0.15, -0.1) is 11.3 Å². The van der Waals surface area contributed by atoms with Gasteiger partial charge in [0.25, 0.3) is 11.6 Å². The van der Waals surface area contributed by atoms with Crippen molar-refractivity contribution in [3.63, 3.8) is 0 Å². The zero-order valence-electron chi connectivity index (χ0n) is 15.1. The van der Waals surface area contributed by atoms with Crippen LogP contribution in [0.2, 0.25) is 0 Å². The second-order valence-corrected chi connectivity index (χ2v) is 7.53. The van der Waals surface area contributed by atoms with Gasteiger partial charge in [-0.1, -0.05) is 12.1 Å². The van der Waals surface area contributed by atoms with Crippen molar-refractivity contribution in [1.29, 1.82) is 0 Å². The molecule has 1 aromatic carbocycles. The number of nitro groups is 1. The molecule has 1 aliphatic rings. The van der Waals surface area contributed by atoms with Gasteiger partial charge in [-0.3, -0.25) is 14.9 Å². The van der Waals surface area contributed by atoms with Crippen molar-refractivity contribution in [2.75, 3.05) is 31.5 Å². The van der Waals surface area contributed by atoms with Crippen LogP contribution >= 0.6 is 11.3 Å². The van der Waals surface area contributed by atoms with Gasteiger partial charge in [0.2, 0.25) is 0 Å². The van der Waals surface area contributed by atoms with Crippen LogP contribution in [0.3, 0.4) is 0 Å². The Morgan fingerprint density at radius 3 is 2.74 bits per heavy atom. The molecule has 1 saturated heterocycles. The first-order valence-corrected chi connectivity index (χ1v) is 10.1. The van der Waals surface area contributed by atoms with Crippen LogP contribution in [-0.2, 0) is 6.54 Å². The standard InChI is InChI=1S/C19H24N4O3S/c24-19(22-10-4-1-5-11-22)15-12-16(27-14-15)13-20-8-9-21-17-6-2-3-7-18(17)23(25)26/h2-3,6-7,12,14,20-21H,1,4-5,8-11,13H2. The summed E-state index contributed by atoms with van der Waals surface area (Å²) in [5.74, 6) is 0.134. The Balaban J connectivity index is 1.42. The zero-order valence-corrected chi connectivity index (χ0v) is 16.0. The van der Waals surface area contributed by atoms with Crippen molar-refractivity contribution >= 4 is 28.6 Å². The number of nitrogens with zero attached hydrogens (tertiary/aromatic N) is 2. The van der Waals surface area contributed by atoms with Crippen LogP contribution in [0.5, 0.6) is 0 Å². The molecule has 1 amide bonds. The second-order valence-electron chi connectivity index (χ2n) is 6.53. The number of nitro benzene ring substituents is 1. The lowest BCUT2D eigenvalue weighted by Gasteiger charge is -2.26. The maximum atomic E-state index is 12.5. The molecule has 2 aromatic rings. The Morgan fingerprint density at radius 1 is 1.19 bits per heavy atom. The van der Waals surface area contributed by atoms with Gasteiger partial charge in [0.15, 0.2) is 0 Å². The van der Waals surface area contributed by atoms with Crippen LogP contribution in [0.15, 0.2) is 35.7 Å². The number of amides is 1. The Hall–Kier alpha value is -2.45. The summed E-state index contributed by atoms with van der Waals surface area (Å²) in [5, 5.41) is 19.3. The molecule has 1 fully saturated rings. The average molecular weight is 388 g/mol. The van der Waals surface area contributed by atoms with E-state index in [0.717, 1.165) is 36.4 Å². The van der Waals surface area contributed by atoms with Gasteiger partial charge in [0, 0.05) is 49.0 Å². The highest BCUT2D eigenvalue weighted by molar-refractivity contribution is 7.10. The summed E-state index contributed by atoms with van der Waals surface area (Å²) in [6, 6.07) is 8.58. The molecule has 8 heteroatoms. The van der Waals surface area contributed by atoms with E-state index < -0.39 is 0 Å². The Bertz CT molecular complexity index is 787. The van der Waals surface area contributed by atoms with E-state index in [1.807, 2.05) is 16.3 Å². The Morgan fingerprint density at radius 2 is 1.96 bits per heavy atom. The molecule has 1 aliphatic heterocycles. The Kier molecular flexibility index (Phi) is 6.78. The van der Waals surface area contributed by atoms with E-state index in [9.17, 15) is 14.9 Å². The summed E-state index contributed by atoms with van der Waals surface area (Å²) in [6.45, 7) is 3.64. The molecule has 7 nitrogen and oxygen atoms in total. The average Bonchev–Trinajstić information content (AvgIpc) is 3.17. The molecule has 0 radical (unpaired) electrons. The highest BCUT2D eigenvalue weighted by Crippen LogP contribution is 2.22. The van der Waals surface area contributed by atoms with Crippen molar-refractivity contribution in [3.05, 3.63) is 56.3 Å². The third-order valence-electron chi connectivity index (χ3n) is 4.56. The van der Waals surface area contributed by atoms with Crippen molar-refractivity contribution < 1.29 is 9.72 Å². The number of thiophene rings is 1. The van der Waals surface area contributed by atoms with E-state index in [4.69, 9.17) is 0 Å². The van der Waals surface area contributed by atoms with Crippen molar-refractivity contribution in [3.8, 4) is 0 Å². The third kappa shape index (κ3) is 5.27. The van der Waals surface area contributed by atoms with Gasteiger partial charge in [-0.25, -0.2) is 0 Å². The quantitative estimate of drug-likeness (QED) is 0.411. The minimum atomic E-state index is -0.387. The molecule has 1 aromatic heterocycles. The summed E-state index contributed by atoms with van der Waals surface area (Å²) < 4.78 is 0. The van der Waals surface area contributed by atoms with Gasteiger partial charge >= 0.3 is 0 Å². The molecule has 27 heavy (non-hydrogen) atoms. The number of hydrogen-bond acceptors (Lipinski definition) is 6. The molecule has 2 N–H and O–H groups in total. The number of likely N-dealkylation sites (tertiary alicyclic amines) is 1. The highest BCUT2D eigenvalue weighted by atomic mass is 32.1. The van der Waals surface area contributed by atoms with E-state index >= 15 is 0 Å². The number of hydrogen-bond donors (Lipinski definition) is 2. The number of carbonyl (C=O) groups excluding carboxylic acids is 1. The van der Waals surface area contributed by atoms with E-state index in [2.05, 4.69) is 10.6 Å². The van der Waals surface area contributed by atoms with Gasteiger partial charge < -0.3 is 15.5 Å². The maximum Gasteiger partial charge on any atom is 0.292 e. The van der Waals surface area contributed by atoms with Gasteiger partial charge in [0.1, 0.15) is 5.69 Å². The van der Waals surface area contributed by atoms with E-state index in [0.29, 0.717) is 25.3 Å². The number of benzene rings is 1. The molecule has 144 valence electrons.